The second-order valence-electron chi connectivity index (χ2n) is 8.78. The number of aryl methyl sites for hydroxylation is 1. The van der Waals surface area contributed by atoms with Crippen LogP contribution in [0.5, 0.6) is 17.2 Å². The molecule has 3 rings (SSSR count). The molecule has 0 spiro atoms. The molecule has 1 amide bonds. The molecule has 0 saturated heterocycles. The first-order chi connectivity index (χ1) is 18.3. The van der Waals surface area contributed by atoms with Gasteiger partial charge in [-0.05, 0) is 67.9 Å². The average molecular weight is 553 g/mol. The smallest absolute Gasteiger partial charge is 0.424 e. The van der Waals surface area contributed by atoms with Crippen LogP contribution in [0.3, 0.4) is 0 Å². The molecule has 1 unspecified atom stereocenters. The molecule has 1 heterocycles. The highest BCUT2D eigenvalue weighted by Gasteiger charge is 2.56. The average Bonchev–Trinajstić information content (AvgIpc) is 2.90. The molecule has 1 aromatic heterocycles. The van der Waals surface area contributed by atoms with Crippen molar-refractivity contribution < 1.29 is 46.8 Å². The van der Waals surface area contributed by atoms with Crippen molar-refractivity contribution in [3.05, 3.63) is 71.2 Å². The van der Waals surface area contributed by atoms with E-state index in [-0.39, 0.29) is 46.2 Å². The van der Waals surface area contributed by atoms with Crippen molar-refractivity contribution in [2.24, 2.45) is 0 Å². The molecule has 0 bridgehead atoms. The molecular formula is C27H28F4N2O6. The maximum atomic E-state index is 14.2. The van der Waals surface area contributed by atoms with Gasteiger partial charge < -0.3 is 29.7 Å². The number of carbonyl (C=O) groups excluding carboxylic acids is 1. The summed E-state index contributed by atoms with van der Waals surface area (Å²) in [6.07, 6.45) is -6.01. The van der Waals surface area contributed by atoms with E-state index in [0.717, 1.165) is 12.1 Å². The Hall–Kier alpha value is -3.90. The Morgan fingerprint density at radius 1 is 1.03 bits per heavy atom. The fraction of sp³-hybridized carbons (Fsp3) is 0.333. The summed E-state index contributed by atoms with van der Waals surface area (Å²) in [5.41, 5.74) is -3.99. The lowest BCUT2D eigenvalue weighted by Crippen LogP contribution is -2.51. The molecule has 8 nitrogen and oxygen atoms in total. The minimum absolute atomic E-state index is 0.0468. The number of alkyl halides is 3. The summed E-state index contributed by atoms with van der Waals surface area (Å²) in [6.45, 7) is 1.68. The third-order valence-corrected chi connectivity index (χ3v) is 5.81. The van der Waals surface area contributed by atoms with Crippen LogP contribution in [0.1, 0.15) is 28.5 Å². The molecule has 3 N–H and O–H groups in total. The third-order valence-electron chi connectivity index (χ3n) is 5.81. The van der Waals surface area contributed by atoms with Gasteiger partial charge >= 0.3 is 6.18 Å². The van der Waals surface area contributed by atoms with Gasteiger partial charge in [-0.15, -0.1) is 0 Å². The van der Waals surface area contributed by atoms with Crippen LogP contribution >= 0.6 is 0 Å². The predicted molar refractivity (Wildman–Crippen MR) is 133 cm³/mol. The van der Waals surface area contributed by atoms with E-state index < -0.39 is 41.8 Å². The Labute approximate surface area is 222 Å². The fourth-order valence-electron chi connectivity index (χ4n) is 3.62. The monoisotopic (exact) mass is 552 g/mol. The molecular weight excluding hydrogens is 524 g/mol. The number of benzene rings is 2. The summed E-state index contributed by atoms with van der Waals surface area (Å²) in [5.74, 6) is -1.01. The Morgan fingerprint density at radius 2 is 1.69 bits per heavy atom. The highest BCUT2D eigenvalue weighted by atomic mass is 19.4. The topological polar surface area (TPSA) is 110 Å². The highest BCUT2D eigenvalue weighted by Crippen LogP contribution is 2.40. The summed E-state index contributed by atoms with van der Waals surface area (Å²) in [4.78, 5) is 16.8. The van der Waals surface area contributed by atoms with Crippen molar-refractivity contribution in [3.8, 4) is 28.5 Å². The number of aliphatic hydroxyl groups excluding tert-OH is 1. The van der Waals surface area contributed by atoms with Gasteiger partial charge in [-0.1, -0.05) is 0 Å². The van der Waals surface area contributed by atoms with Crippen molar-refractivity contribution in [1.82, 2.24) is 10.3 Å². The number of aromatic nitrogens is 1. The Bertz CT molecular complexity index is 1330. The van der Waals surface area contributed by atoms with E-state index in [0.29, 0.717) is 0 Å². The number of nitrogens with zero attached hydrogens (tertiary/aromatic N) is 1. The van der Waals surface area contributed by atoms with Crippen molar-refractivity contribution in [2.75, 3.05) is 27.4 Å². The van der Waals surface area contributed by atoms with Crippen molar-refractivity contribution in [1.29, 1.82) is 0 Å². The first kappa shape index (κ1) is 29.7. The number of hydrogen-bond acceptors (Lipinski definition) is 7. The predicted octanol–water partition coefficient (Wildman–Crippen LogP) is 4.15. The van der Waals surface area contributed by atoms with E-state index in [4.69, 9.17) is 14.2 Å². The molecule has 0 radical (unpaired) electrons. The molecule has 2 atom stereocenters. The zero-order valence-corrected chi connectivity index (χ0v) is 21.6. The molecule has 0 saturated carbocycles. The number of pyridine rings is 1. The van der Waals surface area contributed by atoms with Crippen LogP contribution in [0.4, 0.5) is 17.6 Å². The summed E-state index contributed by atoms with van der Waals surface area (Å²) < 4.78 is 72.2. The molecule has 39 heavy (non-hydrogen) atoms. The van der Waals surface area contributed by atoms with Gasteiger partial charge in [0.1, 0.15) is 23.9 Å². The zero-order valence-electron chi connectivity index (χ0n) is 21.6. The maximum Gasteiger partial charge on any atom is 0.424 e. The van der Waals surface area contributed by atoms with Gasteiger partial charge in [0, 0.05) is 11.1 Å². The van der Waals surface area contributed by atoms with Crippen LogP contribution in [0.25, 0.3) is 11.3 Å². The van der Waals surface area contributed by atoms with E-state index in [9.17, 15) is 32.6 Å². The maximum absolute atomic E-state index is 14.2. The quantitative estimate of drug-likeness (QED) is 0.324. The Balaban J connectivity index is 1.93. The number of rotatable bonds is 10. The summed E-state index contributed by atoms with van der Waals surface area (Å²) in [5, 5.41) is 22.3. The summed E-state index contributed by atoms with van der Waals surface area (Å²) >= 11 is 0. The van der Waals surface area contributed by atoms with Crippen LogP contribution < -0.4 is 19.5 Å². The number of ether oxygens (including phenoxy) is 3. The van der Waals surface area contributed by atoms with Gasteiger partial charge in [-0.3, -0.25) is 4.79 Å². The van der Waals surface area contributed by atoms with Crippen LogP contribution in [0.15, 0.2) is 48.5 Å². The van der Waals surface area contributed by atoms with Gasteiger partial charge in [0.15, 0.2) is 11.5 Å². The molecule has 12 heteroatoms. The van der Waals surface area contributed by atoms with Crippen molar-refractivity contribution in [3.63, 3.8) is 0 Å². The van der Waals surface area contributed by atoms with Gasteiger partial charge in [0.05, 0.1) is 32.6 Å². The minimum Gasteiger partial charge on any atom is -0.494 e. The lowest BCUT2D eigenvalue weighted by molar-refractivity contribution is -0.265. The standard InChI is InChI=1S/C27H28F4N2O6/c1-15-11-17(5-7-19(15)28)24-21(37-3)9-10-23(33-24)26(36,27(29,30)31)14-32-25(35)18-6-8-20(22(12-18)38-4)39-13-16(2)34/h5-12,16,34,36H,13-14H2,1-4H3,(H,32,35)/t16-,26?/m1/s1. The molecule has 2 aromatic carbocycles. The van der Waals surface area contributed by atoms with Crippen LogP contribution in [-0.4, -0.2) is 60.8 Å². The van der Waals surface area contributed by atoms with Gasteiger partial charge in [-0.25, -0.2) is 9.37 Å². The van der Waals surface area contributed by atoms with E-state index in [1.54, 1.807) is 0 Å². The molecule has 0 aliphatic rings. The van der Waals surface area contributed by atoms with E-state index in [1.165, 1.54) is 64.5 Å². The summed E-state index contributed by atoms with van der Waals surface area (Å²) in [6, 6.07) is 9.91. The van der Waals surface area contributed by atoms with Crippen LogP contribution in [0.2, 0.25) is 0 Å². The summed E-state index contributed by atoms with van der Waals surface area (Å²) in [7, 11) is 2.60. The minimum atomic E-state index is -5.24. The van der Waals surface area contributed by atoms with E-state index in [1.807, 2.05) is 0 Å². The van der Waals surface area contributed by atoms with E-state index >= 15 is 0 Å². The lowest BCUT2D eigenvalue weighted by Gasteiger charge is -2.30. The van der Waals surface area contributed by atoms with Crippen molar-refractivity contribution >= 4 is 5.91 Å². The normalized spacial score (nSPS) is 13.8. The van der Waals surface area contributed by atoms with Gasteiger partial charge in [0.25, 0.3) is 5.91 Å². The Kier molecular flexibility index (Phi) is 9.03. The number of nitrogens with one attached hydrogen (secondary N) is 1. The van der Waals surface area contributed by atoms with Gasteiger partial charge in [0.2, 0.25) is 5.60 Å². The number of hydrogen-bond donors (Lipinski definition) is 3. The number of carbonyl (C=O) groups is 1. The third kappa shape index (κ3) is 6.58. The molecule has 0 aliphatic carbocycles. The second kappa shape index (κ2) is 11.9. The number of halogens is 4. The highest BCUT2D eigenvalue weighted by molar-refractivity contribution is 5.95. The Morgan fingerprint density at radius 3 is 2.28 bits per heavy atom. The van der Waals surface area contributed by atoms with E-state index in [2.05, 4.69) is 10.3 Å². The van der Waals surface area contributed by atoms with Crippen molar-refractivity contribution in [2.45, 2.75) is 31.7 Å². The molecule has 210 valence electrons. The zero-order chi connectivity index (χ0) is 29.0. The first-order valence-electron chi connectivity index (χ1n) is 11.7. The first-order valence-corrected chi connectivity index (χ1v) is 11.7. The fourth-order valence-corrected chi connectivity index (χ4v) is 3.62. The number of aliphatic hydroxyl groups is 2. The van der Waals surface area contributed by atoms with Crippen LogP contribution in [0, 0.1) is 12.7 Å². The SMILES string of the molecule is COc1cc(C(=O)NCC(O)(c2ccc(OC)c(-c3ccc(F)c(C)c3)n2)C(F)(F)F)ccc1OC[C@@H](C)O. The lowest BCUT2D eigenvalue weighted by atomic mass is 9.96. The van der Waals surface area contributed by atoms with Gasteiger partial charge in [-0.2, -0.15) is 13.2 Å². The molecule has 0 fully saturated rings. The molecule has 0 aliphatic heterocycles. The molecule has 3 aromatic rings. The number of methoxy groups -OCH3 is 2. The van der Waals surface area contributed by atoms with Crippen LogP contribution in [-0.2, 0) is 5.60 Å². The number of amides is 1. The largest absolute Gasteiger partial charge is 0.494 e. The second-order valence-corrected chi connectivity index (χ2v) is 8.78.